The summed E-state index contributed by atoms with van der Waals surface area (Å²) in [5.41, 5.74) is 1.59. The minimum atomic E-state index is -1.14. The minimum absolute atomic E-state index is 0.0108. The van der Waals surface area contributed by atoms with Crippen LogP contribution in [0, 0.1) is 13.8 Å². The zero-order valence-electron chi connectivity index (χ0n) is 15.7. The van der Waals surface area contributed by atoms with Gasteiger partial charge in [-0.25, -0.2) is 4.79 Å². The predicted octanol–water partition coefficient (Wildman–Crippen LogP) is 2.51. The first-order valence-corrected chi connectivity index (χ1v) is 8.89. The van der Waals surface area contributed by atoms with Crippen LogP contribution >= 0.6 is 0 Å². The number of aliphatic hydroxyl groups is 1. The molecule has 0 aliphatic carbocycles. The largest absolute Gasteiger partial charge is 0.491 e. The van der Waals surface area contributed by atoms with E-state index >= 15 is 0 Å². The number of ether oxygens (including phenoxy) is 1. The van der Waals surface area contributed by atoms with Gasteiger partial charge in [0, 0.05) is 0 Å². The van der Waals surface area contributed by atoms with Crippen LogP contribution in [0.15, 0.2) is 48.5 Å². The van der Waals surface area contributed by atoms with Gasteiger partial charge in [0.15, 0.2) is 0 Å². The van der Waals surface area contributed by atoms with Crippen molar-refractivity contribution in [1.82, 2.24) is 10.2 Å². The molecule has 0 unspecified atom stereocenters. The number of hydrogen-bond donors (Lipinski definition) is 2. The van der Waals surface area contributed by atoms with Gasteiger partial charge in [-0.1, -0.05) is 48.0 Å². The highest BCUT2D eigenvalue weighted by Gasteiger charge is 2.49. The highest BCUT2D eigenvalue weighted by Crippen LogP contribution is 2.29. The number of rotatable bonds is 6. The van der Waals surface area contributed by atoms with Crippen molar-refractivity contribution < 1.29 is 19.4 Å². The number of carbonyl (C=O) groups is 2. The van der Waals surface area contributed by atoms with Gasteiger partial charge >= 0.3 is 6.03 Å². The zero-order valence-corrected chi connectivity index (χ0v) is 15.7. The number of para-hydroxylation sites is 1. The molecule has 142 valence electrons. The van der Waals surface area contributed by atoms with Gasteiger partial charge in [0.1, 0.15) is 24.0 Å². The number of carbonyl (C=O) groups excluding carboxylic acids is 2. The van der Waals surface area contributed by atoms with E-state index in [9.17, 15) is 14.7 Å². The maximum atomic E-state index is 12.9. The fourth-order valence-electron chi connectivity index (χ4n) is 3.11. The van der Waals surface area contributed by atoms with Crippen molar-refractivity contribution in [1.29, 1.82) is 0 Å². The molecule has 0 bridgehead atoms. The van der Waals surface area contributed by atoms with Crippen molar-refractivity contribution in [2.45, 2.75) is 32.4 Å². The van der Waals surface area contributed by atoms with E-state index in [2.05, 4.69) is 5.32 Å². The van der Waals surface area contributed by atoms with Gasteiger partial charge in [-0.3, -0.25) is 9.69 Å². The number of β-amino-alcohol motifs (C(OH)–C–C–N with tert-alkyl or cyclic N) is 1. The molecule has 0 spiro atoms. The molecule has 27 heavy (non-hydrogen) atoms. The number of imide groups is 1. The molecule has 1 aliphatic rings. The average molecular weight is 368 g/mol. The second-order valence-electron chi connectivity index (χ2n) is 7.07. The molecule has 0 saturated carbocycles. The molecule has 2 atom stereocenters. The monoisotopic (exact) mass is 368 g/mol. The van der Waals surface area contributed by atoms with Crippen molar-refractivity contribution in [3.05, 3.63) is 65.2 Å². The maximum Gasteiger partial charge on any atom is 0.325 e. The minimum Gasteiger partial charge on any atom is -0.491 e. The predicted molar refractivity (Wildman–Crippen MR) is 101 cm³/mol. The average Bonchev–Trinajstić information content (AvgIpc) is 2.85. The molecule has 6 nitrogen and oxygen atoms in total. The van der Waals surface area contributed by atoms with Crippen LogP contribution in [0.1, 0.15) is 23.6 Å². The smallest absolute Gasteiger partial charge is 0.325 e. The van der Waals surface area contributed by atoms with Crippen LogP contribution in [-0.2, 0) is 10.3 Å². The Labute approximate surface area is 158 Å². The van der Waals surface area contributed by atoms with Crippen LogP contribution in [-0.4, -0.2) is 41.2 Å². The van der Waals surface area contributed by atoms with E-state index in [4.69, 9.17) is 4.74 Å². The van der Waals surface area contributed by atoms with Crippen molar-refractivity contribution in [2.75, 3.05) is 13.2 Å². The fraction of sp³-hybridized carbons (Fsp3) is 0.333. The van der Waals surface area contributed by atoms with Crippen LogP contribution in [0.4, 0.5) is 4.79 Å². The fourth-order valence-corrected chi connectivity index (χ4v) is 3.11. The molecule has 3 amide bonds. The van der Waals surface area contributed by atoms with E-state index in [1.54, 1.807) is 6.92 Å². The van der Waals surface area contributed by atoms with Gasteiger partial charge < -0.3 is 15.2 Å². The van der Waals surface area contributed by atoms with Gasteiger partial charge in [0.2, 0.25) is 0 Å². The zero-order chi connectivity index (χ0) is 19.6. The van der Waals surface area contributed by atoms with E-state index in [0.717, 1.165) is 16.0 Å². The Morgan fingerprint density at radius 1 is 1.11 bits per heavy atom. The maximum absolute atomic E-state index is 12.9. The first-order chi connectivity index (χ1) is 12.8. The lowest BCUT2D eigenvalue weighted by atomic mass is 9.91. The normalized spacial score (nSPS) is 20.5. The molecule has 2 aromatic rings. The number of aryl methyl sites for hydroxylation is 2. The van der Waals surface area contributed by atoms with Gasteiger partial charge in [-0.15, -0.1) is 0 Å². The van der Waals surface area contributed by atoms with Gasteiger partial charge in [-0.2, -0.15) is 0 Å². The number of urea groups is 1. The number of nitrogens with one attached hydrogen (secondary N) is 1. The van der Waals surface area contributed by atoms with Gasteiger partial charge in [0.05, 0.1) is 6.54 Å². The standard InChI is InChI=1S/C21H24N2O4/c1-14-8-10-16(11-9-14)21(3)19(25)23(20(26)22-21)12-17(24)13-27-18-7-5-4-6-15(18)2/h4-11,17,24H,12-13H2,1-3H3,(H,22,26)/t17-,21+/m0/s1. The van der Waals surface area contributed by atoms with Gasteiger partial charge in [-0.05, 0) is 38.0 Å². The first-order valence-electron chi connectivity index (χ1n) is 8.89. The topological polar surface area (TPSA) is 78.9 Å². The van der Waals surface area contributed by atoms with E-state index in [0.29, 0.717) is 11.3 Å². The van der Waals surface area contributed by atoms with Crippen LogP contribution < -0.4 is 10.1 Å². The summed E-state index contributed by atoms with van der Waals surface area (Å²) < 4.78 is 5.61. The molecular formula is C21H24N2O4. The van der Waals surface area contributed by atoms with Crippen LogP contribution in [0.3, 0.4) is 0 Å². The molecule has 6 heteroatoms. The molecule has 2 aromatic carbocycles. The Balaban J connectivity index is 1.66. The van der Waals surface area contributed by atoms with Crippen LogP contribution in [0.2, 0.25) is 0 Å². The summed E-state index contributed by atoms with van der Waals surface area (Å²) in [4.78, 5) is 26.3. The second kappa shape index (κ2) is 7.40. The van der Waals surface area contributed by atoms with Crippen molar-refractivity contribution >= 4 is 11.9 Å². The highest BCUT2D eigenvalue weighted by molar-refractivity contribution is 6.07. The Bertz CT molecular complexity index is 850. The summed E-state index contributed by atoms with van der Waals surface area (Å²) in [6.45, 7) is 5.40. The molecule has 0 radical (unpaired) electrons. The summed E-state index contributed by atoms with van der Waals surface area (Å²) in [5.74, 6) is 0.282. The Morgan fingerprint density at radius 2 is 1.78 bits per heavy atom. The summed E-state index contributed by atoms with van der Waals surface area (Å²) in [5, 5.41) is 13.0. The van der Waals surface area contributed by atoms with Gasteiger partial charge in [0.25, 0.3) is 5.91 Å². The summed E-state index contributed by atoms with van der Waals surface area (Å²) in [6, 6.07) is 14.4. The quantitative estimate of drug-likeness (QED) is 0.768. The lowest BCUT2D eigenvalue weighted by Gasteiger charge is -2.23. The SMILES string of the molecule is Cc1ccc([C@@]2(C)NC(=O)N(C[C@H](O)COc3ccccc3C)C2=O)cc1. The number of amides is 3. The number of benzene rings is 2. The van der Waals surface area contributed by atoms with Crippen molar-refractivity contribution in [2.24, 2.45) is 0 Å². The molecule has 3 rings (SSSR count). The van der Waals surface area contributed by atoms with Crippen molar-refractivity contribution in [3.63, 3.8) is 0 Å². The molecule has 0 aromatic heterocycles. The molecule has 1 heterocycles. The number of aliphatic hydroxyl groups excluding tert-OH is 1. The van der Waals surface area contributed by atoms with E-state index in [1.165, 1.54) is 0 Å². The third kappa shape index (κ3) is 3.80. The molecule has 1 saturated heterocycles. The summed E-state index contributed by atoms with van der Waals surface area (Å²) >= 11 is 0. The first kappa shape index (κ1) is 18.9. The molecule has 1 fully saturated rings. The Morgan fingerprint density at radius 3 is 2.44 bits per heavy atom. The van der Waals surface area contributed by atoms with Crippen LogP contribution in [0.5, 0.6) is 5.75 Å². The second-order valence-corrected chi connectivity index (χ2v) is 7.07. The third-order valence-electron chi connectivity index (χ3n) is 4.82. The number of hydrogen-bond acceptors (Lipinski definition) is 4. The van der Waals surface area contributed by atoms with E-state index in [1.807, 2.05) is 62.4 Å². The lowest BCUT2D eigenvalue weighted by molar-refractivity contribution is -0.132. The summed E-state index contributed by atoms with van der Waals surface area (Å²) in [6.07, 6.45) is -0.986. The van der Waals surface area contributed by atoms with Crippen LogP contribution in [0.25, 0.3) is 0 Å². The Hall–Kier alpha value is -2.86. The molecule has 2 N–H and O–H groups in total. The van der Waals surface area contributed by atoms with E-state index in [-0.39, 0.29) is 19.1 Å². The highest BCUT2D eigenvalue weighted by atomic mass is 16.5. The molecular weight excluding hydrogens is 344 g/mol. The van der Waals surface area contributed by atoms with E-state index < -0.39 is 17.7 Å². The lowest BCUT2D eigenvalue weighted by Crippen LogP contribution is -2.42. The Kier molecular flexibility index (Phi) is 5.19. The summed E-state index contributed by atoms with van der Waals surface area (Å²) in [7, 11) is 0. The molecule has 1 aliphatic heterocycles. The van der Waals surface area contributed by atoms with Crippen molar-refractivity contribution in [3.8, 4) is 5.75 Å². The number of nitrogens with zero attached hydrogens (tertiary/aromatic N) is 1. The third-order valence-corrected chi connectivity index (χ3v) is 4.82.